The van der Waals surface area contributed by atoms with Crippen LogP contribution < -0.4 is 10.2 Å². The molecular weight excluding hydrogens is 402 g/mol. The summed E-state index contributed by atoms with van der Waals surface area (Å²) >= 11 is 1.84. The molecule has 0 unspecified atom stereocenters. The van der Waals surface area contributed by atoms with Crippen LogP contribution in [0.2, 0.25) is 0 Å². The maximum atomic E-state index is 12.3. The molecule has 0 aromatic heterocycles. The van der Waals surface area contributed by atoms with Crippen molar-refractivity contribution >= 4 is 23.4 Å². The zero-order valence-corrected chi connectivity index (χ0v) is 19.0. The zero-order chi connectivity index (χ0) is 21.6. The lowest BCUT2D eigenvalue weighted by Crippen LogP contribution is -2.50. The minimum Gasteiger partial charge on any atom is -0.368 e. The molecule has 0 radical (unpaired) electrons. The number of para-hydroxylation sites is 1. The number of anilines is 1. The fourth-order valence-electron chi connectivity index (χ4n) is 3.86. The molecule has 1 N–H and O–H groups in total. The number of hydrogen-bond acceptors (Lipinski definition) is 4. The molecule has 3 aromatic rings. The van der Waals surface area contributed by atoms with Crippen LogP contribution in [0, 0.1) is 13.8 Å². The van der Waals surface area contributed by atoms with Gasteiger partial charge in [-0.1, -0.05) is 59.8 Å². The Morgan fingerprint density at radius 1 is 0.871 bits per heavy atom. The molecule has 3 aromatic carbocycles. The normalized spacial score (nSPS) is 14.5. The molecule has 4 rings (SSSR count). The van der Waals surface area contributed by atoms with Gasteiger partial charge in [0.05, 0.1) is 12.4 Å². The van der Waals surface area contributed by atoms with Crippen molar-refractivity contribution in [1.82, 2.24) is 10.2 Å². The average Bonchev–Trinajstić information content (AvgIpc) is 2.80. The van der Waals surface area contributed by atoms with Gasteiger partial charge in [0, 0.05) is 41.5 Å². The number of carbonyl (C=O) groups excluding carboxylic acids is 1. The first kappa shape index (κ1) is 21.5. The van der Waals surface area contributed by atoms with E-state index in [0.717, 1.165) is 26.2 Å². The van der Waals surface area contributed by atoms with Crippen LogP contribution in [0.1, 0.15) is 21.5 Å². The second-order valence-electron chi connectivity index (χ2n) is 7.97. The van der Waals surface area contributed by atoms with Gasteiger partial charge in [-0.2, -0.15) is 0 Å². The van der Waals surface area contributed by atoms with Crippen molar-refractivity contribution in [3.8, 4) is 0 Å². The molecule has 1 saturated heterocycles. The van der Waals surface area contributed by atoms with Crippen molar-refractivity contribution < 1.29 is 4.79 Å². The number of piperazine rings is 1. The van der Waals surface area contributed by atoms with E-state index in [1.165, 1.54) is 26.6 Å². The summed E-state index contributed by atoms with van der Waals surface area (Å²) in [6.07, 6.45) is 0. The summed E-state index contributed by atoms with van der Waals surface area (Å²) < 4.78 is 0. The van der Waals surface area contributed by atoms with Crippen molar-refractivity contribution in [2.45, 2.75) is 23.6 Å². The van der Waals surface area contributed by atoms with E-state index in [0.29, 0.717) is 12.2 Å². The van der Waals surface area contributed by atoms with Crippen LogP contribution in [0.25, 0.3) is 0 Å². The highest BCUT2D eigenvalue weighted by atomic mass is 32.2. The Bertz CT molecular complexity index is 1030. The third kappa shape index (κ3) is 5.49. The smallest absolute Gasteiger partial charge is 0.252 e. The number of aryl methyl sites for hydroxylation is 2. The minimum atomic E-state index is -0.0155. The van der Waals surface area contributed by atoms with Gasteiger partial charge < -0.3 is 10.2 Å². The molecule has 160 valence electrons. The molecule has 1 aliphatic rings. The summed E-state index contributed by atoms with van der Waals surface area (Å²) in [7, 11) is 0. The Balaban J connectivity index is 1.35. The minimum absolute atomic E-state index is 0.0155. The van der Waals surface area contributed by atoms with Crippen LogP contribution in [0.4, 0.5) is 5.69 Å². The summed E-state index contributed by atoms with van der Waals surface area (Å²) in [4.78, 5) is 19.6. The predicted molar refractivity (Wildman–Crippen MR) is 129 cm³/mol. The second-order valence-corrected chi connectivity index (χ2v) is 9.06. The lowest BCUT2D eigenvalue weighted by atomic mass is 10.2. The van der Waals surface area contributed by atoms with Gasteiger partial charge in [-0.05, 0) is 49.7 Å². The van der Waals surface area contributed by atoms with Crippen LogP contribution in [-0.4, -0.2) is 43.7 Å². The number of nitrogens with zero attached hydrogens (tertiary/aromatic N) is 2. The van der Waals surface area contributed by atoms with E-state index in [9.17, 15) is 4.79 Å². The van der Waals surface area contributed by atoms with Gasteiger partial charge in [-0.3, -0.25) is 9.69 Å². The van der Waals surface area contributed by atoms with Gasteiger partial charge in [0.1, 0.15) is 0 Å². The third-order valence-corrected chi connectivity index (χ3v) is 6.87. The SMILES string of the molecule is Cc1ccc(Sc2ccccc2N2CCN(CNC(=O)c3ccccc3)CC2)c(C)c1. The quantitative estimate of drug-likeness (QED) is 0.598. The number of amides is 1. The van der Waals surface area contributed by atoms with Crippen LogP contribution >= 0.6 is 11.8 Å². The summed E-state index contributed by atoms with van der Waals surface area (Å²) in [5, 5.41) is 3.04. The summed E-state index contributed by atoms with van der Waals surface area (Å²) in [6.45, 7) is 8.66. The molecule has 5 heteroatoms. The molecule has 31 heavy (non-hydrogen) atoms. The monoisotopic (exact) mass is 431 g/mol. The van der Waals surface area contributed by atoms with Gasteiger partial charge in [0.25, 0.3) is 5.91 Å². The predicted octanol–water partition coefficient (Wildman–Crippen LogP) is 4.96. The zero-order valence-electron chi connectivity index (χ0n) is 18.2. The maximum Gasteiger partial charge on any atom is 0.252 e. The van der Waals surface area contributed by atoms with E-state index < -0.39 is 0 Å². The van der Waals surface area contributed by atoms with Gasteiger partial charge >= 0.3 is 0 Å². The van der Waals surface area contributed by atoms with Crippen molar-refractivity contribution in [3.63, 3.8) is 0 Å². The van der Waals surface area contributed by atoms with E-state index in [2.05, 4.69) is 71.4 Å². The first-order chi connectivity index (χ1) is 15.1. The van der Waals surface area contributed by atoms with Gasteiger partial charge in [-0.25, -0.2) is 0 Å². The topological polar surface area (TPSA) is 35.6 Å². The number of hydrogen-bond donors (Lipinski definition) is 1. The van der Waals surface area contributed by atoms with E-state index in [4.69, 9.17) is 0 Å². The van der Waals surface area contributed by atoms with Gasteiger partial charge in [0.15, 0.2) is 0 Å². The molecule has 0 spiro atoms. The summed E-state index contributed by atoms with van der Waals surface area (Å²) in [5.41, 5.74) is 4.61. The molecule has 0 saturated carbocycles. The van der Waals surface area contributed by atoms with E-state index >= 15 is 0 Å². The Labute approximate surface area is 189 Å². The maximum absolute atomic E-state index is 12.3. The lowest BCUT2D eigenvalue weighted by molar-refractivity contribution is 0.0920. The Hall–Kier alpha value is -2.76. The molecule has 1 heterocycles. The van der Waals surface area contributed by atoms with Gasteiger partial charge in [-0.15, -0.1) is 0 Å². The fraction of sp³-hybridized carbons (Fsp3) is 0.269. The second kappa shape index (κ2) is 10.0. The van der Waals surface area contributed by atoms with Gasteiger partial charge in [0.2, 0.25) is 0 Å². The molecule has 1 fully saturated rings. The summed E-state index contributed by atoms with van der Waals surface area (Å²) in [6, 6.07) is 24.7. The molecule has 0 aliphatic carbocycles. The highest BCUT2D eigenvalue weighted by Crippen LogP contribution is 2.37. The molecule has 4 nitrogen and oxygen atoms in total. The molecular formula is C26H29N3OS. The third-order valence-electron chi connectivity index (χ3n) is 5.63. The molecule has 1 aliphatic heterocycles. The number of nitrogens with one attached hydrogen (secondary N) is 1. The van der Waals surface area contributed by atoms with E-state index in [1.807, 2.05) is 42.1 Å². The Morgan fingerprint density at radius 3 is 2.32 bits per heavy atom. The van der Waals surface area contributed by atoms with Crippen LogP contribution in [-0.2, 0) is 0 Å². The first-order valence-corrected chi connectivity index (χ1v) is 11.6. The number of benzene rings is 3. The fourth-order valence-corrected chi connectivity index (χ4v) is 4.90. The Kier molecular flexibility index (Phi) is 6.95. The van der Waals surface area contributed by atoms with Crippen molar-refractivity contribution in [2.75, 3.05) is 37.7 Å². The number of rotatable bonds is 6. The molecule has 0 atom stereocenters. The van der Waals surface area contributed by atoms with Crippen LogP contribution in [0.15, 0.2) is 82.6 Å². The van der Waals surface area contributed by atoms with Crippen LogP contribution in [0.5, 0.6) is 0 Å². The van der Waals surface area contributed by atoms with Crippen LogP contribution in [0.3, 0.4) is 0 Å². The van der Waals surface area contributed by atoms with Crippen molar-refractivity contribution in [2.24, 2.45) is 0 Å². The highest BCUT2D eigenvalue weighted by Gasteiger charge is 2.20. The van der Waals surface area contributed by atoms with E-state index in [1.54, 1.807) is 0 Å². The first-order valence-electron chi connectivity index (χ1n) is 10.7. The average molecular weight is 432 g/mol. The van der Waals surface area contributed by atoms with Crippen molar-refractivity contribution in [3.05, 3.63) is 89.5 Å². The lowest BCUT2D eigenvalue weighted by Gasteiger charge is -2.36. The number of carbonyl (C=O) groups is 1. The summed E-state index contributed by atoms with van der Waals surface area (Å²) in [5.74, 6) is -0.0155. The Morgan fingerprint density at radius 2 is 1.58 bits per heavy atom. The molecule has 0 bridgehead atoms. The van der Waals surface area contributed by atoms with Crippen molar-refractivity contribution in [1.29, 1.82) is 0 Å². The van der Waals surface area contributed by atoms with E-state index in [-0.39, 0.29) is 5.91 Å². The largest absolute Gasteiger partial charge is 0.368 e. The standard InChI is InChI=1S/C26H29N3OS/c1-20-12-13-24(21(2)18-20)31-25-11-7-6-10-23(25)29-16-14-28(15-17-29)19-27-26(30)22-8-4-3-5-9-22/h3-13,18H,14-17,19H2,1-2H3,(H,27,30). The molecule has 1 amide bonds. The highest BCUT2D eigenvalue weighted by molar-refractivity contribution is 7.99.